The van der Waals surface area contributed by atoms with Gasteiger partial charge >= 0.3 is 0 Å². The van der Waals surface area contributed by atoms with Gasteiger partial charge in [0.25, 0.3) is 0 Å². The van der Waals surface area contributed by atoms with Gasteiger partial charge in [-0.15, -0.1) is 0 Å². The van der Waals surface area contributed by atoms with Gasteiger partial charge in [-0.2, -0.15) is 0 Å². The van der Waals surface area contributed by atoms with Crippen LogP contribution in [0.2, 0.25) is 0 Å². The molecule has 7 nitrogen and oxygen atoms in total. The fourth-order valence-corrected chi connectivity index (χ4v) is 3.29. The number of furan rings is 1. The van der Waals surface area contributed by atoms with Crippen molar-refractivity contribution in [2.24, 2.45) is 0 Å². The number of ether oxygens (including phenoxy) is 1. The van der Waals surface area contributed by atoms with Gasteiger partial charge < -0.3 is 19.8 Å². The second-order valence-electron chi connectivity index (χ2n) is 6.45. The quantitative estimate of drug-likeness (QED) is 0.562. The van der Waals surface area contributed by atoms with Crippen LogP contribution in [0.1, 0.15) is 5.56 Å². The number of anilines is 3. The van der Waals surface area contributed by atoms with Gasteiger partial charge in [-0.25, -0.2) is 9.97 Å². The van der Waals surface area contributed by atoms with E-state index in [-0.39, 0.29) is 12.3 Å². The number of carbonyl (C=O) groups excluding carboxylic acids is 1. The van der Waals surface area contributed by atoms with Gasteiger partial charge in [0, 0.05) is 22.8 Å². The van der Waals surface area contributed by atoms with Crippen LogP contribution in [0, 0.1) is 0 Å². The first-order valence-electron chi connectivity index (χ1n) is 8.80. The molecule has 2 N–H and O–H groups in total. The largest absolute Gasteiger partial charge is 0.497 e. The van der Waals surface area contributed by atoms with Crippen LogP contribution >= 0.6 is 0 Å². The van der Waals surface area contributed by atoms with Crippen LogP contribution in [0.3, 0.4) is 0 Å². The molecule has 0 unspecified atom stereocenters. The van der Waals surface area contributed by atoms with Gasteiger partial charge in [0.15, 0.2) is 5.76 Å². The van der Waals surface area contributed by atoms with Crippen LogP contribution in [0.4, 0.5) is 17.3 Å². The number of methoxy groups -OCH3 is 1. The Labute approximate surface area is 160 Å². The Kier molecular flexibility index (Phi) is 3.72. The molecule has 1 aliphatic heterocycles. The second-order valence-corrected chi connectivity index (χ2v) is 6.45. The molecule has 138 valence electrons. The SMILES string of the molecule is COc1ccc(Nc2ncc3c(n2)-c2oc4ccccc4c2NC(=O)C3)cc1. The summed E-state index contributed by atoms with van der Waals surface area (Å²) in [5, 5.41) is 6.97. The molecule has 0 atom stereocenters. The van der Waals surface area contributed by atoms with E-state index >= 15 is 0 Å². The van der Waals surface area contributed by atoms with Crippen molar-refractivity contribution >= 4 is 34.2 Å². The summed E-state index contributed by atoms with van der Waals surface area (Å²) in [7, 11) is 1.62. The molecule has 0 bridgehead atoms. The van der Waals surface area contributed by atoms with Crippen LogP contribution < -0.4 is 15.4 Å². The van der Waals surface area contributed by atoms with E-state index in [0.717, 1.165) is 22.4 Å². The maximum absolute atomic E-state index is 12.4. The fraction of sp³-hybridized carbons (Fsp3) is 0.0952. The number of nitrogens with one attached hydrogen (secondary N) is 2. The minimum Gasteiger partial charge on any atom is -0.497 e. The Morgan fingerprint density at radius 2 is 1.96 bits per heavy atom. The summed E-state index contributed by atoms with van der Waals surface area (Å²) in [6.07, 6.45) is 1.85. The third-order valence-corrected chi connectivity index (χ3v) is 4.64. The third-order valence-electron chi connectivity index (χ3n) is 4.64. The van der Waals surface area contributed by atoms with E-state index < -0.39 is 0 Å². The van der Waals surface area contributed by atoms with Crippen LogP contribution in [-0.2, 0) is 11.2 Å². The van der Waals surface area contributed by atoms with Crippen LogP contribution in [0.5, 0.6) is 5.75 Å². The summed E-state index contributed by atoms with van der Waals surface area (Å²) in [5.41, 5.74) is 3.50. The van der Waals surface area contributed by atoms with Gasteiger partial charge in [0.2, 0.25) is 11.9 Å². The molecule has 1 amide bonds. The number of rotatable bonds is 3. The predicted octanol–water partition coefficient (Wildman–Crippen LogP) is 4.14. The molecule has 2 aromatic carbocycles. The van der Waals surface area contributed by atoms with Crippen LogP contribution in [0.25, 0.3) is 22.4 Å². The summed E-state index contributed by atoms with van der Waals surface area (Å²) in [6.45, 7) is 0. The number of nitrogens with zero attached hydrogens (tertiary/aromatic N) is 2. The topological polar surface area (TPSA) is 89.3 Å². The monoisotopic (exact) mass is 372 g/mol. The minimum atomic E-state index is -0.119. The van der Waals surface area contributed by atoms with E-state index in [1.165, 1.54) is 0 Å². The van der Waals surface area contributed by atoms with Crippen molar-refractivity contribution in [2.45, 2.75) is 6.42 Å². The first kappa shape index (κ1) is 16.3. The van der Waals surface area contributed by atoms with Crippen molar-refractivity contribution in [3.8, 4) is 17.2 Å². The molecule has 0 saturated carbocycles. The zero-order valence-electron chi connectivity index (χ0n) is 15.0. The highest BCUT2D eigenvalue weighted by Crippen LogP contribution is 2.40. The number of carbonyl (C=O) groups is 1. The van der Waals surface area contributed by atoms with Crippen molar-refractivity contribution in [1.82, 2.24) is 9.97 Å². The molecule has 1 aliphatic rings. The molecule has 0 aliphatic carbocycles. The van der Waals surface area contributed by atoms with Crippen molar-refractivity contribution in [1.29, 1.82) is 0 Å². The Morgan fingerprint density at radius 1 is 1.14 bits per heavy atom. The molecular weight excluding hydrogens is 356 g/mol. The van der Waals surface area contributed by atoms with E-state index in [2.05, 4.69) is 20.6 Å². The Morgan fingerprint density at radius 3 is 2.79 bits per heavy atom. The lowest BCUT2D eigenvalue weighted by Crippen LogP contribution is -2.12. The molecule has 3 heterocycles. The zero-order chi connectivity index (χ0) is 19.1. The minimum absolute atomic E-state index is 0.119. The summed E-state index contributed by atoms with van der Waals surface area (Å²) >= 11 is 0. The van der Waals surface area contributed by atoms with Crippen molar-refractivity contribution < 1.29 is 13.9 Å². The normalized spacial score (nSPS) is 12.7. The van der Waals surface area contributed by atoms with E-state index in [9.17, 15) is 4.79 Å². The van der Waals surface area contributed by atoms with E-state index in [1.807, 2.05) is 48.5 Å². The number of hydrogen-bond acceptors (Lipinski definition) is 6. The highest BCUT2D eigenvalue weighted by molar-refractivity contribution is 6.08. The Balaban J connectivity index is 1.60. The number of benzene rings is 2. The molecule has 0 radical (unpaired) electrons. The highest BCUT2D eigenvalue weighted by Gasteiger charge is 2.26. The van der Waals surface area contributed by atoms with Gasteiger partial charge in [-0.05, 0) is 36.4 Å². The molecule has 7 heteroatoms. The molecule has 0 saturated heterocycles. The van der Waals surface area contributed by atoms with Crippen LogP contribution in [0.15, 0.2) is 59.1 Å². The lowest BCUT2D eigenvalue weighted by Gasteiger charge is -2.08. The first-order valence-corrected chi connectivity index (χ1v) is 8.80. The lowest BCUT2D eigenvalue weighted by molar-refractivity contribution is -0.115. The first-order chi connectivity index (χ1) is 13.7. The summed E-state index contributed by atoms with van der Waals surface area (Å²) in [6, 6.07) is 15.1. The number of fused-ring (bicyclic) bond motifs is 5. The molecule has 5 rings (SSSR count). The molecule has 4 aromatic rings. The van der Waals surface area contributed by atoms with Gasteiger partial charge in [-0.1, -0.05) is 12.1 Å². The number of aromatic nitrogens is 2. The fourth-order valence-electron chi connectivity index (χ4n) is 3.29. The number of para-hydroxylation sites is 1. The van der Waals surface area contributed by atoms with Crippen molar-refractivity contribution in [3.05, 3.63) is 60.3 Å². The van der Waals surface area contributed by atoms with Gasteiger partial charge in [0.1, 0.15) is 17.0 Å². The summed E-state index contributed by atoms with van der Waals surface area (Å²) in [5.74, 6) is 1.61. The zero-order valence-corrected chi connectivity index (χ0v) is 15.0. The highest BCUT2D eigenvalue weighted by atomic mass is 16.5. The average molecular weight is 372 g/mol. The Bertz CT molecular complexity index is 1200. The van der Waals surface area contributed by atoms with Crippen molar-refractivity contribution in [2.75, 3.05) is 17.7 Å². The van der Waals surface area contributed by atoms with Gasteiger partial charge in [-0.3, -0.25) is 4.79 Å². The number of hydrogen-bond donors (Lipinski definition) is 2. The smallest absolute Gasteiger partial charge is 0.229 e. The average Bonchev–Trinajstić information content (AvgIpc) is 3.01. The maximum Gasteiger partial charge on any atom is 0.229 e. The third kappa shape index (κ3) is 2.73. The summed E-state index contributed by atoms with van der Waals surface area (Å²) in [4.78, 5) is 21.4. The predicted molar refractivity (Wildman–Crippen MR) is 106 cm³/mol. The standard InChI is InChI=1S/C21H16N4O3/c1-27-14-8-6-13(7-9-14)23-21-22-11-12-10-17(26)24-19-15-4-2-3-5-16(15)28-20(19)18(12)25-21/h2-9,11H,10H2,1H3,(H,24,26)(H,22,23,25). The number of amides is 1. The molecule has 0 spiro atoms. The van der Waals surface area contributed by atoms with Gasteiger partial charge in [0.05, 0.1) is 19.2 Å². The molecule has 28 heavy (non-hydrogen) atoms. The van der Waals surface area contributed by atoms with Crippen LogP contribution in [-0.4, -0.2) is 23.0 Å². The Hall–Kier alpha value is -3.87. The second kappa shape index (κ2) is 6.38. The molecule has 0 fully saturated rings. The van der Waals surface area contributed by atoms with E-state index in [1.54, 1.807) is 13.3 Å². The maximum atomic E-state index is 12.4. The van der Waals surface area contributed by atoms with E-state index in [4.69, 9.17) is 9.15 Å². The van der Waals surface area contributed by atoms with E-state index in [0.29, 0.717) is 28.7 Å². The lowest BCUT2D eigenvalue weighted by atomic mass is 10.1. The van der Waals surface area contributed by atoms with Crippen molar-refractivity contribution in [3.63, 3.8) is 0 Å². The molecule has 2 aromatic heterocycles. The molecular formula is C21H16N4O3. The summed E-state index contributed by atoms with van der Waals surface area (Å²) < 4.78 is 11.2.